The van der Waals surface area contributed by atoms with Crippen molar-refractivity contribution in [2.24, 2.45) is 5.41 Å². The van der Waals surface area contributed by atoms with Gasteiger partial charge in [-0.05, 0) is 31.4 Å². The van der Waals surface area contributed by atoms with Crippen LogP contribution in [0.4, 0.5) is 0 Å². The molecule has 5 heteroatoms. The molecule has 1 aliphatic heterocycles. The number of fused-ring (bicyclic) bond motifs is 1. The van der Waals surface area contributed by atoms with E-state index in [0.717, 1.165) is 25.7 Å². The predicted octanol–water partition coefficient (Wildman–Crippen LogP) is 2.31. The van der Waals surface area contributed by atoms with E-state index in [1.54, 1.807) is 4.90 Å². The predicted molar refractivity (Wildman–Crippen MR) is 91.7 cm³/mol. The fourth-order valence-electron chi connectivity index (χ4n) is 4.32. The Bertz CT molecular complexity index is 604. The second kappa shape index (κ2) is 6.83. The molecular weight excluding hydrogens is 304 g/mol. The van der Waals surface area contributed by atoms with Gasteiger partial charge in [-0.3, -0.25) is 9.59 Å². The molecule has 0 spiro atoms. The highest BCUT2D eigenvalue weighted by atomic mass is 16.5. The van der Waals surface area contributed by atoms with Gasteiger partial charge in [0.25, 0.3) is 5.91 Å². The maximum Gasteiger partial charge on any atom is 0.260 e. The molecule has 0 unspecified atom stereocenters. The Balaban J connectivity index is 1.60. The van der Waals surface area contributed by atoms with E-state index in [2.05, 4.69) is 0 Å². The number of likely N-dealkylation sites (tertiary alicyclic amines) is 1. The van der Waals surface area contributed by atoms with Gasteiger partial charge in [0.15, 0.2) is 6.61 Å². The van der Waals surface area contributed by atoms with E-state index in [4.69, 9.17) is 4.74 Å². The lowest BCUT2D eigenvalue weighted by molar-refractivity contribution is -0.142. The van der Waals surface area contributed by atoms with Crippen LogP contribution in [0.3, 0.4) is 0 Å². The molecule has 2 fully saturated rings. The van der Waals surface area contributed by atoms with E-state index in [1.807, 2.05) is 49.3 Å². The number of carbonyl (C=O) groups is 2. The number of hydrogen-bond acceptors (Lipinski definition) is 3. The fourth-order valence-corrected chi connectivity index (χ4v) is 4.32. The third-order valence-electron chi connectivity index (χ3n) is 5.64. The van der Waals surface area contributed by atoms with Gasteiger partial charge < -0.3 is 14.5 Å². The molecule has 24 heavy (non-hydrogen) atoms. The SMILES string of the molecule is CN(C[C@@]12CCC[C@H]1N(C)C(=O)CC2)C(=O)COc1ccccc1. The van der Waals surface area contributed by atoms with Crippen molar-refractivity contribution in [1.29, 1.82) is 0 Å². The van der Waals surface area contributed by atoms with Gasteiger partial charge >= 0.3 is 0 Å². The van der Waals surface area contributed by atoms with Crippen LogP contribution in [0.5, 0.6) is 5.75 Å². The van der Waals surface area contributed by atoms with E-state index >= 15 is 0 Å². The van der Waals surface area contributed by atoms with Gasteiger partial charge in [0.05, 0.1) is 0 Å². The number of benzene rings is 1. The lowest BCUT2D eigenvalue weighted by Crippen LogP contribution is -2.55. The molecule has 130 valence electrons. The summed E-state index contributed by atoms with van der Waals surface area (Å²) in [6.07, 6.45) is 4.75. The maximum atomic E-state index is 12.4. The minimum Gasteiger partial charge on any atom is -0.484 e. The van der Waals surface area contributed by atoms with Crippen LogP contribution in [0.1, 0.15) is 32.1 Å². The minimum absolute atomic E-state index is 0.0153. The van der Waals surface area contributed by atoms with Gasteiger partial charge in [-0.25, -0.2) is 0 Å². The van der Waals surface area contributed by atoms with E-state index in [0.29, 0.717) is 18.7 Å². The van der Waals surface area contributed by atoms with Gasteiger partial charge in [0, 0.05) is 38.5 Å². The first-order valence-corrected chi connectivity index (χ1v) is 8.69. The number of nitrogens with zero attached hydrogens (tertiary/aromatic N) is 2. The number of ether oxygens (including phenoxy) is 1. The zero-order chi connectivity index (χ0) is 17.2. The average Bonchev–Trinajstić information content (AvgIpc) is 3.01. The van der Waals surface area contributed by atoms with Crippen LogP contribution >= 0.6 is 0 Å². The first-order chi connectivity index (χ1) is 11.5. The molecule has 1 aliphatic carbocycles. The Morgan fingerprint density at radius 2 is 2.08 bits per heavy atom. The topological polar surface area (TPSA) is 49.9 Å². The van der Waals surface area contributed by atoms with Crippen molar-refractivity contribution in [3.05, 3.63) is 30.3 Å². The average molecular weight is 330 g/mol. The van der Waals surface area contributed by atoms with Crippen LogP contribution in [0.2, 0.25) is 0 Å². The quantitative estimate of drug-likeness (QED) is 0.832. The van der Waals surface area contributed by atoms with Gasteiger partial charge in [-0.15, -0.1) is 0 Å². The first kappa shape index (κ1) is 16.8. The molecule has 3 rings (SSSR count). The molecule has 1 saturated carbocycles. The van der Waals surface area contributed by atoms with Gasteiger partial charge in [0.2, 0.25) is 5.91 Å². The van der Waals surface area contributed by atoms with E-state index in [-0.39, 0.29) is 29.9 Å². The molecule has 0 radical (unpaired) electrons. The fraction of sp³-hybridized carbons (Fsp3) is 0.579. The Kier molecular flexibility index (Phi) is 4.78. The van der Waals surface area contributed by atoms with Gasteiger partial charge in [-0.1, -0.05) is 24.6 Å². The van der Waals surface area contributed by atoms with Crippen molar-refractivity contribution in [2.75, 3.05) is 27.2 Å². The van der Waals surface area contributed by atoms with Crippen molar-refractivity contribution < 1.29 is 14.3 Å². The molecule has 2 aliphatic rings. The number of carbonyl (C=O) groups excluding carboxylic acids is 2. The first-order valence-electron chi connectivity index (χ1n) is 8.69. The molecule has 0 N–H and O–H groups in total. The van der Waals surface area contributed by atoms with E-state index < -0.39 is 0 Å². The number of piperidine rings is 1. The maximum absolute atomic E-state index is 12.4. The molecule has 1 heterocycles. The molecule has 1 aromatic carbocycles. The molecule has 5 nitrogen and oxygen atoms in total. The standard InChI is InChI=1S/C19H26N2O3/c1-20(18(23)13-24-15-7-4-3-5-8-15)14-19-11-6-9-16(19)21(2)17(22)10-12-19/h3-5,7-8,16H,6,9-14H2,1-2H3/t16-,19+/m1/s1. The number of rotatable bonds is 5. The van der Waals surface area contributed by atoms with Crippen LogP contribution in [0.25, 0.3) is 0 Å². The van der Waals surface area contributed by atoms with Crippen molar-refractivity contribution in [2.45, 2.75) is 38.1 Å². The highest BCUT2D eigenvalue weighted by molar-refractivity contribution is 5.78. The normalized spacial score (nSPS) is 26.2. The number of hydrogen-bond donors (Lipinski definition) is 0. The number of amides is 2. The highest BCUT2D eigenvalue weighted by Crippen LogP contribution is 2.47. The molecule has 1 saturated heterocycles. The summed E-state index contributed by atoms with van der Waals surface area (Å²) < 4.78 is 5.57. The Hall–Kier alpha value is -2.04. The van der Waals surface area contributed by atoms with Crippen molar-refractivity contribution in [3.63, 3.8) is 0 Å². The molecule has 0 aromatic heterocycles. The summed E-state index contributed by atoms with van der Waals surface area (Å²) in [4.78, 5) is 28.1. The molecule has 2 amide bonds. The third kappa shape index (κ3) is 3.25. The number of likely N-dealkylation sites (N-methyl/N-ethyl adjacent to an activating group) is 1. The number of para-hydroxylation sites is 1. The summed E-state index contributed by atoms with van der Waals surface area (Å²) in [5, 5.41) is 0. The Morgan fingerprint density at radius 3 is 2.83 bits per heavy atom. The highest BCUT2D eigenvalue weighted by Gasteiger charge is 2.49. The molecule has 0 bridgehead atoms. The van der Waals surface area contributed by atoms with Crippen LogP contribution in [-0.4, -0.2) is 54.9 Å². The summed E-state index contributed by atoms with van der Waals surface area (Å²) in [6, 6.07) is 9.66. The zero-order valence-electron chi connectivity index (χ0n) is 14.5. The second-order valence-electron chi connectivity index (χ2n) is 7.13. The third-order valence-corrected chi connectivity index (χ3v) is 5.64. The monoisotopic (exact) mass is 330 g/mol. The van der Waals surface area contributed by atoms with E-state index in [1.165, 1.54) is 0 Å². The van der Waals surface area contributed by atoms with Crippen molar-refractivity contribution in [1.82, 2.24) is 9.80 Å². The Morgan fingerprint density at radius 1 is 1.33 bits per heavy atom. The zero-order valence-corrected chi connectivity index (χ0v) is 14.5. The van der Waals surface area contributed by atoms with Crippen LogP contribution < -0.4 is 4.74 Å². The summed E-state index contributed by atoms with van der Waals surface area (Å²) in [5.41, 5.74) is 0.0554. The summed E-state index contributed by atoms with van der Waals surface area (Å²) in [7, 11) is 3.75. The summed E-state index contributed by atoms with van der Waals surface area (Å²) >= 11 is 0. The van der Waals surface area contributed by atoms with Crippen LogP contribution in [0.15, 0.2) is 30.3 Å². The molecule has 1 aromatic rings. The molecular formula is C19H26N2O3. The van der Waals surface area contributed by atoms with Crippen LogP contribution in [-0.2, 0) is 9.59 Å². The lowest BCUT2D eigenvalue weighted by atomic mass is 9.74. The second-order valence-corrected chi connectivity index (χ2v) is 7.13. The lowest BCUT2D eigenvalue weighted by Gasteiger charge is -2.46. The summed E-state index contributed by atoms with van der Waals surface area (Å²) in [6.45, 7) is 0.752. The Labute approximate surface area is 143 Å². The van der Waals surface area contributed by atoms with Gasteiger partial charge in [0.1, 0.15) is 5.75 Å². The summed E-state index contributed by atoms with van der Waals surface area (Å²) in [5.74, 6) is 0.927. The van der Waals surface area contributed by atoms with Crippen molar-refractivity contribution >= 4 is 11.8 Å². The van der Waals surface area contributed by atoms with E-state index in [9.17, 15) is 9.59 Å². The smallest absolute Gasteiger partial charge is 0.260 e. The van der Waals surface area contributed by atoms with Crippen molar-refractivity contribution in [3.8, 4) is 5.75 Å². The molecule has 2 atom stereocenters. The van der Waals surface area contributed by atoms with Gasteiger partial charge in [-0.2, -0.15) is 0 Å². The minimum atomic E-state index is -0.0153. The largest absolute Gasteiger partial charge is 0.484 e. The van der Waals surface area contributed by atoms with Crippen LogP contribution in [0, 0.1) is 5.41 Å².